The van der Waals surface area contributed by atoms with Gasteiger partial charge in [0.25, 0.3) is 10.1 Å². The molecule has 0 radical (unpaired) electrons. The van der Waals surface area contributed by atoms with Crippen LogP contribution >= 0.6 is 0 Å². The first kappa shape index (κ1) is 30.5. The summed E-state index contributed by atoms with van der Waals surface area (Å²) in [6, 6.07) is 20.1. The molecule has 1 atom stereocenters. The van der Waals surface area contributed by atoms with Crippen molar-refractivity contribution in [3.8, 4) is 11.5 Å². The van der Waals surface area contributed by atoms with Crippen LogP contribution < -0.4 is 5.43 Å². The van der Waals surface area contributed by atoms with E-state index in [9.17, 15) is 13.2 Å². The third kappa shape index (κ3) is 8.52. The summed E-state index contributed by atoms with van der Waals surface area (Å²) in [6.45, 7) is 9.36. The molecule has 0 fully saturated rings. The van der Waals surface area contributed by atoms with Gasteiger partial charge in [0, 0.05) is 32.4 Å². The van der Waals surface area contributed by atoms with Crippen LogP contribution in [0.1, 0.15) is 22.6 Å². The lowest BCUT2D eigenvalue weighted by molar-refractivity contribution is 0.0774. The second-order valence-electron chi connectivity index (χ2n) is 11.3. The van der Waals surface area contributed by atoms with E-state index in [2.05, 4.69) is 34.8 Å². The predicted molar refractivity (Wildman–Crippen MR) is 161 cm³/mol. The first-order valence-electron chi connectivity index (χ1n) is 13.4. The van der Waals surface area contributed by atoms with Crippen LogP contribution in [0, 0.1) is 6.92 Å². The Hall–Kier alpha value is -3.45. The van der Waals surface area contributed by atoms with Crippen molar-refractivity contribution in [3.05, 3.63) is 100 Å². The van der Waals surface area contributed by atoms with Gasteiger partial charge in [-0.05, 0) is 24.1 Å². The average molecular weight is 596 g/mol. The minimum atomic E-state index is -3.87. The molecule has 0 spiro atoms. The highest BCUT2D eigenvalue weighted by Gasteiger charge is 2.31. The van der Waals surface area contributed by atoms with Gasteiger partial charge >= 0.3 is 0 Å². The largest absolute Gasteiger partial charge is 0.360 e. The molecule has 2 heterocycles. The molecule has 0 aliphatic rings. The van der Waals surface area contributed by atoms with Crippen molar-refractivity contribution in [2.45, 2.75) is 57.9 Å². The minimum absolute atomic E-state index is 0.00136. The molecule has 0 N–H and O–H groups in total. The van der Waals surface area contributed by atoms with Crippen LogP contribution in [0.25, 0.3) is 11.5 Å². The van der Waals surface area contributed by atoms with Gasteiger partial charge in [-0.25, -0.2) is 14.3 Å². The Morgan fingerprint density at radius 1 is 0.976 bits per heavy atom. The van der Waals surface area contributed by atoms with Crippen molar-refractivity contribution in [2.24, 2.45) is 0 Å². The van der Waals surface area contributed by atoms with Crippen molar-refractivity contribution < 1.29 is 17.3 Å². The van der Waals surface area contributed by atoms with Crippen molar-refractivity contribution >= 4 is 18.2 Å². The van der Waals surface area contributed by atoms with Gasteiger partial charge in [0.05, 0.1) is 12.8 Å². The van der Waals surface area contributed by atoms with Gasteiger partial charge in [-0.1, -0.05) is 80.3 Å². The fourth-order valence-corrected chi connectivity index (χ4v) is 5.91. The van der Waals surface area contributed by atoms with Crippen molar-refractivity contribution in [2.75, 3.05) is 12.9 Å². The fraction of sp³-hybridized carbons (Fsp3) is 0.379. The molecule has 4 aromatic rings. The summed E-state index contributed by atoms with van der Waals surface area (Å²) in [5, 5.41) is 8.87. The summed E-state index contributed by atoms with van der Waals surface area (Å²) in [5.74, 6) is -0.234. The van der Waals surface area contributed by atoms with E-state index >= 15 is 0 Å². The summed E-state index contributed by atoms with van der Waals surface area (Å²) in [6.07, 6.45) is 3.10. The van der Waals surface area contributed by atoms with Gasteiger partial charge in [-0.2, -0.15) is 18.6 Å². The molecule has 2 aromatic carbocycles. The molecule has 0 aliphatic carbocycles. The molecule has 0 aliphatic heterocycles. The highest BCUT2D eigenvalue weighted by Crippen LogP contribution is 2.32. The molecule has 4 rings (SSSR count). The molecular weight excluding hydrogens is 559 g/mol. The van der Waals surface area contributed by atoms with E-state index < -0.39 is 30.2 Å². The monoisotopic (exact) mass is 595 g/mol. The Bertz CT molecular complexity index is 1560. The zero-order valence-corrected chi connectivity index (χ0v) is 25.9. The van der Waals surface area contributed by atoms with Crippen molar-refractivity contribution in [3.63, 3.8) is 0 Å². The van der Waals surface area contributed by atoms with E-state index in [0.717, 1.165) is 23.4 Å². The highest BCUT2D eigenvalue weighted by atomic mass is 32.2. The van der Waals surface area contributed by atoms with Crippen LogP contribution in [0.15, 0.2) is 78.0 Å². The quantitative estimate of drug-likeness (QED) is 0.128. The Balaban J connectivity index is 1.70. The van der Waals surface area contributed by atoms with E-state index in [0.29, 0.717) is 12.2 Å². The van der Waals surface area contributed by atoms with Crippen LogP contribution in [0.2, 0.25) is 25.7 Å². The first-order valence-corrected chi connectivity index (χ1v) is 19.0. The lowest BCUT2D eigenvalue weighted by Gasteiger charge is -2.27. The SMILES string of the molecule is Cc1cn(COCC[Si](C)(C)C)nc(-c2ncnn2CC(OS(C)(=O)=O)C(c2ccccc2)c2ccccc2)c1=O. The minimum Gasteiger partial charge on any atom is -0.360 e. The Kier molecular flexibility index (Phi) is 9.69. The van der Waals surface area contributed by atoms with Crippen molar-refractivity contribution in [1.82, 2.24) is 24.5 Å². The molecule has 0 saturated heterocycles. The van der Waals surface area contributed by atoms with Crippen LogP contribution in [0.3, 0.4) is 0 Å². The average Bonchev–Trinajstić information content (AvgIpc) is 3.36. The van der Waals surface area contributed by atoms with Crippen molar-refractivity contribution in [1.29, 1.82) is 0 Å². The van der Waals surface area contributed by atoms with Gasteiger partial charge in [0.1, 0.15) is 19.2 Å². The molecular formula is C29H37N5O5SSi. The number of benzene rings is 2. The maximum atomic E-state index is 13.2. The van der Waals surface area contributed by atoms with E-state index in [4.69, 9.17) is 8.92 Å². The van der Waals surface area contributed by atoms with Crippen LogP contribution in [0.5, 0.6) is 0 Å². The number of aryl methyl sites for hydroxylation is 1. The summed E-state index contributed by atoms with van der Waals surface area (Å²) >= 11 is 0. The van der Waals surface area contributed by atoms with Gasteiger partial charge in [-0.15, -0.1) is 0 Å². The number of hydrogen-bond acceptors (Lipinski definition) is 8. The Morgan fingerprint density at radius 3 is 2.15 bits per heavy atom. The normalized spacial score (nSPS) is 13.0. The zero-order chi connectivity index (χ0) is 29.6. The molecule has 41 heavy (non-hydrogen) atoms. The molecule has 1 unspecified atom stereocenters. The predicted octanol–water partition coefficient (Wildman–Crippen LogP) is 4.30. The summed E-state index contributed by atoms with van der Waals surface area (Å²) < 4.78 is 39.6. The molecule has 0 amide bonds. The molecule has 12 heteroatoms. The Morgan fingerprint density at radius 2 is 1.59 bits per heavy atom. The second-order valence-corrected chi connectivity index (χ2v) is 18.5. The van der Waals surface area contributed by atoms with E-state index in [-0.39, 0.29) is 30.2 Å². The lowest BCUT2D eigenvalue weighted by atomic mass is 9.86. The topological polar surface area (TPSA) is 118 Å². The third-order valence-corrected chi connectivity index (χ3v) is 8.83. The molecule has 10 nitrogen and oxygen atoms in total. The number of rotatable bonds is 13. The van der Waals surface area contributed by atoms with Gasteiger partial charge in [0.2, 0.25) is 5.43 Å². The summed E-state index contributed by atoms with van der Waals surface area (Å²) in [7, 11) is -5.12. The smallest absolute Gasteiger partial charge is 0.264 e. The summed E-state index contributed by atoms with van der Waals surface area (Å²) in [5.41, 5.74) is 2.04. The molecule has 2 aromatic heterocycles. The standard InChI is InChI=1S/C29H37N5O5SSi/c1-22-18-33(21-38-16-17-41(3,4)5)32-27(28(22)35)29-30-20-31-34(29)19-25(39-40(2,36)37)26(23-12-8-6-9-13-23)24-14-10-7-11-15-24/h6-15,18,20,25-26H,16-17,19,21H2,1-5H3. The van der Waals surface area contributed by atoms with Gasteiger partial charge < -0.3 is 4.74 Å². The summed E-state index contributed by atoms with van der Waals surface area (Å²) in [4.78, 5) is 17.6. The van der Waals surface area contributed by atoms with Crippen LogP contribution in [-0.2, 0) is 32.3 Å². The van der Waals surface area contributed by atoms with Gasteiger partial charge in [-0.3, -0.25) is 8.98 Å². The first-order chi connectivity index (χ1) is 19.4. The zero-order valence-electron chi connectivity index (χ0n) is 24.1. The second kappa shape index (κ2) is 13.0. The number of hydrogen-bond donors (Lipinski definition) is 0. The van der Waals surface area contributed by atoms with E-state index in [1.54, 1.807) is 17.8 Å². The van der Waals surface area contributed by atoms with E-state index in [1.807, 2.05) is 60.7 Å². The maximum Gasteiger partial charge on any atom is 0.264 e. The van der Waals surface area contributed by atoms with Crippen LogP contribution in [-0.4, -0.2) is 60.0 Å². The molecule has 0 saturated carbocycles. The number of nitrogens with zero attached hydrogens (tertiary/aromatic N) is 5. The molecule has 218 valence electrons. The molecule has 0 bridgehead atoms. The van der Waals surface area contributed by atoms with Crippen LogP contribution in [0.4, 0.5) is 0 Å². The Labute approximate surface area is 242 Å². The lowest BCUT2D eigenvalue weighted by Crippen LogP contribution is -2.32. The number of ether oxygens (including phenoxy) is 1. The maximum absolute atomic E-state index is 13.2. The number of aromatic nitrogens is 5. The van der Waals surface area contributed by atoms with E-state index in [1.165, 1.54) is 11.0 Å². The highest BCUT2D eigenvalue weighted by molar-refractivity contribution is 7.86. The third-order valence-electron chi connectivity index (χ3n) is 6.53. The van der Waals surface area contributed by atoms with Gasteiger partial charge in [0.15, 0.2) is 11.5 Å². The fourth-order valence-electron chi connectivity index (χ4n) is 4.53.